The lowest BCUT2D eigenvalue weighted by atomic mass is 9.65. The van der Waals surface area contributed by atoms with E-state index in [1.54, 1.807) is 16.8 Å². The molecule has 4 atom stereocenters. The highest BCUT2D eigenvalue weighted by Gasteiger charge is 2.53. The van der Waals surface area contributed by atoms with E-state index in [0.29, 0.717) is 28.8 Å². The second-order valence-electron chi connectivity index (χ2n) is 10.4. The smallest absolute Gasteiger partial charge is 0.310 e. The zero-order valence-electron chi connectivity index (χ0n) is 22.7. The number of fused-ring (bicyclic) bond motifs is 3. The number of anilines is 1. The second-order valence-corrected chi connectivity index (χ2v) is 10.8. The monoisotopic (exact) mass is 590 g/mol. The normalized spacial score (nSPS) is 21.8. The van der Waals surface area contributed by atoms with Crippen LogP contribution in [0.5, 0.6) is 28.7 Å². The fourth-order valence-electron chi connectivity index (χ4n) is 6.29. The summed E-state index contributed by atoms with van der Waals surface area (Å²) in [6.07, 6.45) is 1.88. The highest BCUT2D eigenvalue weighted by Crippen LogP contribution is 2.56. The van der Waals surface area contributed by atoms with Gasteiger partial charge >= 0.3 is 5.97 Å². The summed E-state index contributed by atoms with van der Waals surface area (Å²) >= 11 is 6.12. The SMILES string of the molecule is COc1cc([C@@H]2c3cc4c(cc3[C@@H](n3cc(CNc5cccc(Cl)c5)nn3)[C@H]3COC(=O)[C@H]23)OCO4)cc(OC)c1O. The van der Waals surface area contributed by atoms with Crippen LogP contribution < -0.4 is 24.3 Å². The zero-order valence-corrected chi connectivity index (χ0v) is 23.5. The lowest BCUT2D eigenvalue weighted by Crippen LogP contribution is -2.37. The van der Waals surface area contributed by atoms with Crippen molar-refractivity contribution in [2.24, 2.45) is 11.8 Å². The predicted molar refractivity (Wildman–Crippen MR) is 150 cm³/mol. The molecule has 11 nitrogen and oxygen atoms in total. The largest absolute Gasteiger partial charge is 0.502 e. The van der Waals surface area contributed by atoms with Crippen LogP contribution >= 0.6 is 11.6 Å². The van der Waals surface area contributed by atoms with Crippen molar-refractivity contribution < 1.29 is 33.6 Å². The topological polar surface area (TPSA) is 126 Å². The molecular weight excluding hydrogens is 564 g/mol. The van der Waals surface area contributed by atoms with Gasteiger partial charge in [0.15, 0.2) is 23.0 Å². The van der Waals surface area contributed by atoms with Crippen LogP contribution in [0.25, 0.3) is 0 Å². The fraction of sp³-hybridized carbons (Fsp3) is 0.300. The Bertz CT molecular complexity index is 1670. The van der Waals surface area contributed by atoms with Crippen LogP contribution in [0.2, 0.25) is 5.02 Å². The summed E-state index contributed by atoms with van der Waals surface area (Å²) in [6, 6.07) is 14.4. The molecule has 1 aliphatic carbocycles. The third-order valence-electron chi connectivity index (χ3n) is 8.15. The molecule has 0 amide bonds. The Hall–Kier alpha value is -4.64. The van der Waals surface area contributed by atoms with Crippen LogP contribution in [0.4, 0.5) is 5.69 Å². The van der Waals surface area contributed by atoms with E-state index in [1.807, 2.05) is 42.6 Å². The lowest BCUT2D eigenvalue weighted by molar-refractivity contribution is -0.141. The number of aromatic nitrogens is 3. The van der Waals surface area contributed by atoms with Crippen LogP contribution in [0.3, 0.4) is 0 Å². The lowest BCUT2D eigenvalue weighted by Gasteiger charge is -2.39. The summed E-state index contributed by atoms with van der Waals surface area (Å²) in [4.78, 5) is 13.4. The first-order valence-electron chi connectivity index (χ1n) is 13.4. The molecule has 42 heavy (non-hydrogen) atoms. The molecule has 0 spiro atoms. The minimum absolute atomic E-state index is 0.103. The Morgan fingerprint density at radius 1 is 1.05 bits per heavy atom. The maximum Gasteiger partial charge on any atom is 0.310 e. The zero-order chi connectivity index (χ0) is 29.0. The van der Waals surface area contributed by atoms with Gasteiger partial charge in [0.05, 0.1) is 45.5 Å². The molecule has 3 aliphatic rings. The van der Waals surface area contributed by atoms with Crippen molar-refractivity contribution in [2.75, 3.05) is 32.9 Å². The van der Waals surface area contributed by atoms with Gasteiger partial charge in [-0.15, -0.1) is 5.10 Å². The van der Waals surface area contributed by atoms with Crippen molar-refractivity contribution in [2.45, 2.75) is 18.5 Å². The molecule has 1 fully saturated rings. The van der Waals surface area contributed by atoms with E-state index in [1.165, 1.54) is 14.2 Å². The molecule has 4 aromatic rings. The summed E-state index contributed by atoms with van der Waals surface area (Å²) in [6.45, 7) is 0.743. The van der Waals surface area contributed by atoms with Crippen molar-refractivity contribution in [1.29, 1.82) is 0 Å². The average molecular weight is 591 g/mol. The Kier molecular flexibility index (Phi) is 6.46. The Morgan fingerprint density at radius 3 is 2.50 bits per heavy atom. The van der Waals surface area contributed by atoms with Gasteiger partial charge in [-0.25, -0.2) is 4.68 Å². The van der Waals surface area contributed by atoms with Gasteiger partial charge in [-0.1, -0.05) is 22.9 Å². The summed E-state index contributed by atoms with van der Waals surface area (Å²) in [7, 11) is 2.94. The Morgan fingerprint density at radius 2 is 1.79 bits per heavy atom. The van der Waals surface area contributed by atoms with E-state index in [2.05, 4.69) is 15.6 Å². The number of halogens is 1. The number of carbonyl (C=O) groups is 1. The summed E-state index contributed by atoms with van der Waals surface area (Å²) in [5.41, 5.74) is 4.08. The van der Waals surface area contributed by atoms with Crippen LogP contribution in [-0.2, 0) is 16.1 Å². The Labute approximate surface area is 245 Å². The summed E-state index contributed by atoms with van der Waals surface area (Å²) < 4.78 is 29.9. The molecule has 2 aliphatic heterocycles. The number of benzene rings is 3. The molecule has 2 N–H and O–H groups in total. The minimum atomic E-state index is -0.556. The van der Waals surface area contributed by atoms with E-state index < -0.39 is 11.8 Å². The van der Waals surface area contributed by atoms with Crippen molar-refractivity contribution in [1.82, 2.24) is 15.0 Å². The molecule has 3 heterocycles. The number of hydrogen-bond acceptors (Lipinski definition) is 10. The van der Waals surface area contributed by atoms with Crippen LogP contribution in [0.1, 0.15) is 34.3 Å². The first kappa shape index (κ1) is 26.3. The van der Waals surface area contributed by atoms with Crippen molar-refractivity contribution in [3.63, 3.8) is 0 Å². The number of nitrogens with one attached hydrogen (secondary N) is 1. The maximum absolute atomic E-state index is 13.4. The van der Waals surface area contributed by atoms with E-state index in [-0.39, 0.29) is 48.6 Å². The summed E-state index contributed by atoms with van der Waals surface area (Å²) in [5.74, 6) is -0.00957. The van der Waals surface area contributed by atoms with Gasteiger partial charge in [0.25, 0.3) is 0 Å². The van der Waals surface area contributed by atoms with Gasteiger partial charge in [-0.05, 0) is 59.2 Å². The van der Waals surface area contributed by atoms with Gasteiger partial charge < -0.3 is 34.1 Å². The Balaban J connectivity index is 1.33. The molecule has 216 valence electrons. The van der Waals surface area contributed by atoms with Crippen molar-refractivity contribution in [3.8, 4) is 28.7 Å². The molecule has 7 rings (SSSR count). The van der Waals surface area contributed by atoms with Crippen LogP contribution in [0, 0.1) is 11.8 Å². The van der Waals surface area contributed by atoms with E-state index in [4.69, 9.17) is 35.3 Å². The number of cyclic esters (lactones) is 1. The van der Waals surface area contributed by atoms with Gasteiger partial charge in [0.1, 0.15) is 5.69 Å². The number of rotatable bonds is 7. The van der Waals surface area contributed by atoms with Crippen molar-refractivity contribution in [3.05, 3.63) is 82.1 Å². The van der Waals surface area contributed by atoms with Gasteiger partial charge in [0.2, 0.25) is 12.5 Å². The molecule has 3 aromatic carbocycles. The van der Waals surface area contributed by atoms with Gasteiger partial charge in [0, 0.05) is 22.5 Å². The van der Waals surface area contributed by atoms with E-state index in [9.17, 15) is 9.90 Å². The third-order valence-corrected chi connectivity index (χ3v) is 8.39. The standard InChI is InChI=1S/C30H27ClN4O7/c1-38-24-6-15(7-25(39-2)29(24)36)26-19-9-22-23(42-14-41-22)10-20(19)28(21-13-40-30(37)27(21)26)35-12-18(33-34-35)11-32-17-5-3-4-16(31)8-17/h3-10,12,21,26-28,32,36H,11,13-14H2,1-2H3/t21-,26+,27-,28+/m0/s1. The van der Waals surface area contributed by atoms with E-state index >= 15 is 0 Å². The first-order chi connectivity index (χ1) is 20.4. The maximum atomic E-state index is 13.4. The molecule has 0 saturated carbocycles. The number of esters is 1. The number of hydrogen-bond donors (Lipinski definition) is 2. The second kappa shape index (κ2) is 10.3. The third kappa shape index (κ3) is 4.32. The molecular formula is C30H27ClN4O7. The summed E-state index contributed by atoms with van der Waals surface area (Å²) in [5, 5.41) is 23.5. The first-order valence-corrected chi connectivity index (χ1v) is 13.8. The van der Waals surface area contributed by atoms with Crippen LogP contribution in [-0.4, -0.2) is 53.7 Å². The average Bonchev–Trinajstić information content (AvgIpc) is 3.74. The molecule has 1 saturated heterocycles. The van der Waals surface area contributed by atoms with E-state index in [0.717, 1.165) is 22.4 Å². The predicted octanol–water partition coefficient (Wildman–Crippen LogP) is 4.52. The number of nitrogens with zero attached hydrogens (tertiary/aromatic N) is 3. The quantitative estimate of drug-likeness (QED) is 0.297. The fourth-order valence-corrected chi connectivity index (χ4v) is 6.48. The molecule has 12 heteroatoms. The highest BCUT2D eigenvalue weighted by atomic mass is 35.5. The molecule has 1 aromatic heterocycles. The van der Waals surface area contributed by atoms with Gasteiger partial charge in [-0.3, -0.25) is 4.79 Å². The minimum Gasteiger partial charge on any atom is -0.502 e. The highest BCUT2D eigenvalue weighted by molar-refractivity contribution is 6.30. The number of phenols is 1. The molecule has 0 bridgehead atoms. The van der Waals surface area contributed by atoms with Crippen molar-refractivity contribution >= 4 is 23.3 Å². The number of ether oxygens (including phenoxy) is 5. The number of aromatic hydroxyl groups is 1. The van der Waals surface area contributed by atoms with Gasteiger partial charge in [-0.2, -0.15) is 0 Å². The number of carbonyl (C=O) groups excluding carboxylic acids is 1. The number of phenolic OH excluding ortho intramolecular Hbond substituents is 1. The van der Waals surface area contributed by atoms with Crippen LogP contribution in [0.15, 0.2) is 54.7 Å². The molecule has 0 unspecified atom stereocenters. The molecule has 0 radical (unpaired) electrons. The number of methoxy groups -OCH3 is 2.